The average Bonchev–Trinajstić information content (AvgIpc) is 3.36. The summed E-state index contributed by atoms with van der Waals surface area (Å²) in [4.78, 5) is 15.1. The highest BCUT2D eigenvalue weighted by Crippen LogP contribution is 2.44. The maximum Gasteiger partial charge on any atom is 0.231 e. The molecule has 9 nitrogen and oxygen atoms in total. The van der Waals surface area contributed by atoms with Gasteiger partial charge in [0.2, 0.25) is 11.5 Å². The Morgan fingerprint density at radius 2 is 1.82 bits per heavy atom. The van der Waals surface area contributed by atoms with Crippen molar-refractivity contribution in [3.05, 3.63) is 46.7 Å². The summed E-state index contributed by atoms with van der Waals surface area (Å²) >= 11 is 0. The lowest BCUT2D eigenvalue weighted by molar-refractivity contribution is 0.0634. The Labute approximate surface area is 197 Å². The van der Waals surface area contributed by atoms with Crippen LogP contribution in [-0.2, 0) is 16.4 Å². The summed E-state index contributed by atoms with van der Waals surface area (Å²) in [5.41, 5.74) is 1.84. The Morgan fingerprint density at radius 1 is 1.09 bits per heavy atom. The molecule has 1 unspecified atom stereocenters. The second-order valence-corrected chi connectivity index (χ2v) is 10.6. The van der Waals surface area contributed by atoms with E-state index in [9.17, 15) is 13.2 Å². The molecule has 1 fully saturated rings. The van der Waals surface area contributed by atoms with Crippen LogP contribution in [0.25, 0.3) is 6.08 Å². The molecule has 0 radical (unpaired) electrons. The number of fused-ring (bicyclic) bond motifs is 3. The van der Waals surface area contributed by atoms with Gasteiger partial charge in [0, 0.05) is 12.6 Å². The number of ketones is 1. The molecule has 2 aromatic rings. The smallest absolute Gasteiger partial charge is 0.231 e. The Morgan fingerprint density at radius 3 is 2.44 bits per heavy atom. The highest BCUT2D eigenvalue weighted by Gasteiger charge is 2.38. The fraction of sp³-hybridized carbons (Fsp3) is 0.375. The van der Waals surface area contributed by atoms with Crippen molar-refractivity contribution in [3.63, 3.8) is 0 Å². The number of nitrogens with zero attached hydrogens (tertiary/aromatic N) is 1. The molecule has 0 aliphatic carbocycles. The minimum atomic E-state index is -3.02. The topological polar surface area (TPSA) is 101 Å². The van der Waals surface area contributed by atoms with Gasteiger partial charge in [0.15, 0.2) is 27.1 Å². The van der Waals surface area contributed by atoms with Gasteiger partial charge in [-0.15, -0.1) is 0 Å². The molecule has 3 heterocycles. The summed E-state index contributed by atoms with van der Waals surface area (Å²) in [5, 5.41) is 0. The van der Waals surface area contributed by atoms with E-state index in [0.29, 0.717) is 59.6 Å². The van der Waals surface area contributed by atoms with Crippen LogP contribution in [0.4, 0.5) is 0 Å². The van der Waals surface area contributed by atoms with Crippen LogP contribution in [0.3, 0.4) is 0 Å². The molecule has 3 aliphatic rings. The van der Waals surface area contributed by atoms with E-state index in [1.54, 1.807) is 30.3 Å². The lowest BCUT2D eigenvalue weighted by Crippen LogP contribution is -2.41. The van der Waals surface area contributed by atoms with Crippen LogP contribution >= 0.6 is 0 Å². The van der Waals surface area contributed by atoms with E-state index in [1.165, 1.54) is 21.3 Å². The first-order chi connectivity index (χ1) is 16.3. The molecule has 0 bridgehead atoms. The number of carbonyl (C=O) groups is 1. The number of methoxy groups -OCH3 is 3. The molecule has 0 aromatic heterocycles. The minimum Gasteiger partial charge on any atom is -0.493 e. The monoisotopic (exact) mass is 487 g/mol. The van der Waals surface area contributed by atoms with Crippen molar-refractivity contribution in [1.82, 2.24) is 4.90 Å². The number of ether oxygens (including phenoxy) is 5. The molecule has 0 amide bonds. The van der Waals surface area contributed by atoms with Gasteiger partial charge in [0.05, 0.1) is 44.0 Å². The molecule has 5 rings (SSSR count). The van der Waals surface area contributed by atoms with Crippen LogP contribution < -0.4 is 23.7 Å². The standard InChI is InChI=1S/C24H25NO8S/c1-29-20-9-14(10-21(30-2)24(20)31-3)8-19-22(26)16-4-5-18-17(23(16)33-19)11-25(13-32-18)15-6-7-34(27,28)12-15/h4-5,8-10,15H,6-7,11-13H2,1-3H3/b19-8+. The molecule has 180 valence electrons. The second-order valence-electron chi connectivity index (χ2n) is 8.39. The maximum absolute atomic E-state index is 13.1. The second kappa shape index (κ2) is 8.52. The number of hydrogen-bond donors (Lipinski definition) is 0. The third-order valence-corrected chi connectivity index (χ3v) is 8.11. The molecular formula is C24H25NO8S. The molecule has 2 aromatic carbocycles. The maximum atomic E-state index is 13.1. The first-order valence-corrected chi connectivity index (χ1v) is 12.6. The van der Waals surface area contributed by atoms with Gasteiger partial charge in [-0.25, -0.2) is 8.42 Å². The van der Waals surface area contributed by atoms with Crippen LogP contribution in [0.2, 0.25) is 0 Å². The van der Waals surface area contributed by atoms with Gasteiger partial charge in [-0.1, -0.05) is 0 Å². The molecule has 10 heteroatoms. The van der Waals surface area contributed by atoms with Crippen molar-refractivity contribution in [2.24, 2.45) is 0 Å². The number of Topliss-reactive ketones (excluding diaryl/α,β-unsaturated/α-hetero) is 1. The number of hydrogen-bond acceptors (Lipinski definition) is 9. The van der Waals surface area contributed by atoms with E-state index in [1.807, 2.05) is 4.90 Å². The van der Waals surface area contributed by atoms with Gasteiger partial charge in [-0.2, -0.15) is 0 Å². The van der Waals surface area contributed by atoms with E-state index in [4.69, 9.17) is 23.7 Å². The Balaban J connectivity index is 1.46. The largest absolute Gasteiger partial charge is 0.493 e. The summed E-state index contributed by atoms with van der Waals surface area (Å²) in [7, 11) is 1.54. The number of rotatable bonds is 5. The molecule has 3 aliphatic heterocycles. The summed E-state index contributed by atoms with van der Waals surface area (Å²) in [6.07, 6.45) is 2.20. The fourth-order valence-corrected chi connectivity index (χ4v) is 6.37. The van der Waals surface area contributed by atoms with Crippen molar-refractivity contribution in [2.75, 3.05) is 39.6 Å². The minimum absolute atomic E-state index is 0.111. The molecule has 1 saturated heterocycles. The highest BCUT2D eigenvalue weighted by atomic mass is 32.2. The molecule has 1 atom stereocenters. The fourth-order valence-electron chi connectivity index (χ4n) is 4.61. The van der Waals surface area contributed by atoms with Crippen LogP contribution in [0.5, 0.6) is 28.7 Å². The number of carbonyl (C=O) groups excluding carboxylic acids is 1. The van der Waals surface area contributed by atoms with Gasteiger partial charge >= 0.3 is 0 Å². The number of benzene rings is 2. The van der Waals surface area contributed by atoms with Gasteiger partial charge in [0.25, 0.3) is 0 Å². The van der Waals surface area contributed by atoms with E-state index in [-0.39, 0.29) is 29.1 Å². The third-order valence-electron chi connectivity index (χ3n) is 6.35. The van der Waals surface area contributed by atoms with E-state index < -0.39 is 9.84 Å². The molecule has 0 N–H and O–H groups in total. The zero-order chi connectivity index (χ0) is 24.0. The molecule has 34 heavy (non-hydrogen) atoms. The van der Waals surface area contributed by atoms with Crippen molar-refractivity contribution in [1.29, 1.82) is 0 Å². The first-order valence-electron chi connectivity index (χ1n) is 10.8. The molecule has 0 saturated carbocycles. The van der Waals surface area contributed by atoms with Crippen LogP contribution in [0, 0.1) is 0 Å². The van der Waals surface area contributed by atoms with Crippen molar-refractivity contribution < 1.29 is 36.9 Å². The van der Waals surface area contributed by atoms with Crippen molar-refractivity contribution in [3.8, 4) is 28.7 Å². The summed E-state index contributed by atoms with van der Waals surface area (Å²) in [5.74, 6) is 2.69. The summed E-state index contributed by atoms with van der Waals surface area (Å²) in [6, 6.07) is 6.81. The predicted molar refractivity (Wildman–Crippen MR) is 124 cm³/mol. The van der Waals surface area contributed by atoms with Gasteiger partial charge in [-0.05, 0) is 42.3 Å². The van der Waals surface area contributed by atoms with Crippen LogP contribution in [0.15, 0.2) is 30.0 Å². The lowest BCUT2D eigenvalue weighted by atomic mass is 10.0. The van der Waals surface area contributed by atoms with Crippen LogP contribution in [-0.4, -0.2) is 64.7 Å². The average molecular weight is 488 g/mol. The summed E-state index contributed by atoms with van der Waals surface area (Å²) < 4.78 is 52.0. The molecule has 0 spiro atoms. The van der Waals surface area contributed by atoms with Crippen molar-refractivity contribution >= 4 is 21.7 Å². The van der Waals surface area contributed by atoms with E-state index in [2.05, 4.69) is 0 Å². The zero-order valence-corrected chi connectivity index (χ0v) is 19.9. The highest BCUT2D eigenvalue weighted by molar-refractivity contribution is 7.91. The van der Waals surface area contributed by atoms with Gasteiger partial charge in [0.1, 0.15) is 18.2 Å². The van der Waals surface area contributed by atoms with Gasteiger partial charge < -0.3 is 23.7 Å². The lowest BCUT2D eigenvalue weighted by Gasteiger charge is -2.33. The van der Waals surface area contributed by atoms with E-state index in [0.717, 1.165) is 5.56 Å². The quantitative estimate of drug-likeness (QED) is 0.589. The Kier molecular flexibility index (Phi) is 5.65. The van der Waals surface area contributed by atoms with Gasteiger partial charge in [-0.3, -0.25) is 9.69 Å². The SMILES string of the molecule is COc1cc(/C=C2/Oc3c(ccc4c3CN(C3CCS(=O)(=O)C3)CO4)C2=O)cc(OC)c1OC. The first kappa shape index (κ1) is 22.5. The molecular weight excluding hydrogens is 462 g/mol. The van der Waals surface area contributed by atoms with Crippen molar-refractivity contribution in [2.45, 2.75) is 19.0 Å². The van der Waals surface area contributed by atoms with E-state index >= 15 is 0 Å². The Bertz CT molecular complexity index is 1280. The van der Waals surface area contributed by atoms with Crippen LogP contribution in [0.1, 0.15) is 27.9 Å². The number of allylic oxidation sites excluding steroid dienone is 1. The normalized spacial score (nSPS) is 22.0. The predicted octanol–water partition coefficient (Wildman–Crippen LogP) is 2.67. The zero-order valence-electron chi connectivity index (χ0n) is 19.1. The summed E-state index contributed by atoms with van der Waals surface area (Å²) in [6.45, 7) is 0.748. The number of sulfone groups is 1. The Hall–Kier alpha value is -3.24. The third kappa shape index (κ3) is 3.86.